The van der Waals surface area contributed by atoms with Crippen LogP contribution in [0.4, 0.5) is 5.69 Å². The van der Waals surface area contributed by atoms with Gasteiger partial charge in [0.05, 0.1) is 6.04 Å². The highest BCUT2D eigenvalue weighted by Crippen LogP contribution is 2.28. The topological polar surface area (TPSA) is 41.1 Å². The molecule has 0 bridgehead atoms. The van der Waals surface area contributed by atoms with Crippen molar-refractivity contribution in [1.82, 2.24) is 5.32 Å². The minimum absolute atomic E-state index is 0.0675. The summed E-state index contributed by atoms with van der Waals surface area (Å²) in [6, 6.07) is 24.3. The molecule has 4 rings (SSSR count). The van der Waals surface area contributed by atoms with Crippen LogP contribution in [0.25, 0.3) is 10.8 Å². The number of amides is 1. The fraction of sp³-hybridized carbons (Fsp3) is 0.0500. The molecule has 1 atom stereocenters. The van der Waals surface area contributed by atoms with Gasteiger partial charge in [-0.3, -0.25) is 4.79 Å². The molecule has 0 fully saturated rings. The summed E-state index contributed by atoms with van der Waals surface area (Å²) in [4.78, 5) is 11.8. The zero-order valence-corrected chi connectivity index (χ0v) is 12.5. The summed E-state index contributed by atoms with van der Waals surface area (Å²) in [6.45, 7) is 0. The second-order valence-corrected chi connectivity index (χ2v) is 5.64. The molecule has 0 saturated heterocycles. The Morgan fingerprint density at radius 1 is 0.826 bits per heavy atom. The van der Waals surface area contributed by atoms with Gasteiger partial charge in [0.25, 0.3) is 0 Å². The van der Waals surface area contributed by atoms with E-state index in [2.05, 4.69) is 34.9 Å². The van der Waals surface area contributed by atoms with Crippen molar-refractivity contribution in [1.29, 1.82) is 0 Å². The zero-order valence-electron chi connectivity index (χ0n) is 12.5. The number of carbonyl (C=O) groups excluding carboxylic acids is 1. The first kappa shape index (κ1) is 13.6. The van der Waals surface area contributed by atoms with Gasteiger partial charge in [0, 0.05) is 17.5 Å². The van der Waals surface area contributed by atoms with E-state index in [0.717, 1.165) is 16.9 Å². The molecule has 1 aliphatic rings. The second-order valence-electron chi connectivity index (χ2n) is 5.64. The Balaban J connectivity index is 1.65. The summed E-state index contributed by atoms with van der Waals surface area (Å²) in [5, 5.41) is 8.75. The van der Waals surface area contributed by atoms with Gasteiger partial charge in [-0.1, -0.05) is 60.7 Å². The van der Waals surface area contributed by atoms with E-state index in [0.29, 0.717) is 0 Å². The Labute approximate surface area is 134 Å². The van der Waals surface area contributed by atoms with Crippen LogP contribution in [-0.2, 0) is 4.79 Å². The molecule has 3 nitrogen and oxygen atoms in total. The molecule has 0 radical (unpaired) electrons. The van der Waals surface area contributed by atoms with Crippen LogP contribution < -0.4 is 10.6 Å². The van der Waals surface area contributed by atoms with Crippen LogP contribution in [0.15, 0.2) is 84.6 Å². The smallest absolute Gasteiger partial charge is 0.246 e. The van der Waals surface area contributed by atoms with Crippen molar-refractivity contribution >= 4 is 22.4 Å². The highest BCUT2D eigenvalue weighted by Gasteiger charge is 2.25. The first-order chi connectivity index (χ1) is 11.3. The van der Waals surface area contributed by atoms with Crippen molar-refractivity contribution in [3.63, 3.8) is 0 Å². The monoisotopic (exact) mass is 300 g/mol. The number of hydrogen-bond donors (Lipinski definition) is 2. The van der Waals surface area contributed by atoms with Gasteiger partial charge < -0.3 is 10.6 Å². The van der Waals surface area contributed by atoms with Gasteiger partial charge in [-0.2, -0.15) is 0 Å². The zero-order chi connectivity index (χ0) is 15.6. The van der Waals surface area contributed by atoms with Crippen LogP contribution in [0, 0.1) is 0 Å². The lowest BCUT2D eigenvalue weighted by molar-refractivity contribution is -0.116. The normalized spacial score (nSPS) is 17.0. The van der Waals surface area contributed by atoms with E-state index in [9.17, 15) is 4.79 Å². The van der Waals surface area contributed by atoms with E-state index < -0.39 is 0 Å². The van der Waals surface area contributed by atoms with E-state index in [1.165, 1.54) is 10.8 Å². The minimum Gasteiger partial charge on any atom is -0.357 e. The second kappa shape index (κ2) is 5.61. The number of benzene rings is 3. The van der Waals surface area contributed by atoms with Crippen molar-refractivity contribution in [2.75, 3.05) is 5.32 Å². The van der Waals surface area contributed by atoms with Crippen LogP contribution in [0.1, 0.15) is 11.6 Å². The molecule has 0 aliphatic carbocycles. The number of anilines is 1. The third-order valence-corrected chi connectivity index (χ3v) is 4.06. The van der Waals surface area contributed by atoms with Crippen LogP contribution in [-0.4, -0.2) is 5.91 Å². The highest BCUT2D eigenvalue weighted by molar-refractivity contribution is 5.93. The molecule has 1 heterocycles. The van der Waals surface area contributed by atoms with Crippen molar-refractivity contribution in [3.8, 4) is 0 Å². The number of rotatable bonds is 3. The van der Waals surface area contributed by atoms with Gasteiger partial charge in [0.15, 0.2) is 0 Å². The molecule has 3 aromatic rings. The van der Waals surface area contributed by atoms with Crippen molar-refractivity contribution < 1.29 is 4.79 Å². The maximum atomic E-state index is 11.8. The van der Waals surface area contributed by atoms with E-state index >= 15 is 0 Å². The number of carbonyl (C=O) groups is 1. The van der Waals surface area contributed by atoms with Crippen molar-refractivity contribution in [2.45, 2.75) is 6.04 Å². The van der Waals surface area contributed by atoms with Gasteiger partial charge in [-0.05, 0) is 28.5 Å². The summed E-state index contributed by atoms with van der Waals surface area (Å²) in [5.74, 6) is -0.0675. The van der Waals surface area contributed by atoms with Crippen LogP contribution in [0.2, 0.25) is 0 Å². The molecule has 1 amide bonds. The van der Waals surface area contributed by atoms with E-state index in [-0.39, 0.29) is 11.9 Å². The lowest BCUT2D eigenvalue weighted by Gasteiger charge is -2.17. The van der Waals surface area contributed by atoms with Gasteiger partial charge in [-0.15, -0.1) is 0 Å². The molecular weight excluding hydrogens is 284 g/mol. The van der Waals surface area contributed by atoms with Crippen molar-refractivity contribution in [3.05, 3.63) is 90.1 Å². The highest BCUT2D eigenvalue weighted by atomic mass is 16.1. The Hall–Kier alpha value is -3.07. The van der Waals surface area contributed by atoms with Gasteiger partial charge in [0.2, 0.25) is 5.91 Å². The third kappa shape index (κ3) is 2.69. The Morgan fingerprint density at radius 3 is 2.39 bits per heavy atom. The predicted molar refractivity (Wildman–Crippen MR) is 93.0 cm³/mol. The Bertz CT molecular complexity index is 900. The summed E-state index contributed by atoms with van der Waals surface area (Å²) in [7, 11) is 0. The molecule has 23 heavy (non-hydrogen) atoms. The van der Waals surface area contributed by atoms with Gasteiger partial charge in [0.1, 0.15) is 0 Å². The quantitative estimate of drug-likeness (QED) is 0.767. The molecule has 3 heteroatoms. The summed E-state index contributed by atoms with van der Waals surface area (Å²) < 4.78 is 0. The summed E-state index contributed by atoms with van der Waals surface area (Å²) in [6.07, 6.45) is 1.63. The van der Waals surface area contributed by atoms with E-state index in [1.807, 2.05) is 48.5 Å². The molecule has 1 unspecified atom stereocenters. The largest absolute Gasteiger partial charge is 0.357 e. The number of hydrogen-bond acceptors (Lipinski definition) is 2. The standard InChI is InChI=1S/C20H16N2O/c23-19-13-18(20(22-19)15-7-2-1-3-8-15)21-17-11-10-14-6-4-5-9-16(14)12-17/h1-13,20-21H,(H,22,23). The average molecular weight is 300 g/mol. The first-order valence-electron chi connectivity index (χ1n) is 7.62. The van der Waals surface area contributed by atoms with E-state index in [4.69, 9.17) is 0 Å². The predicted octanol–water partition coefficient (Wildman–Crippen LogP) is 4.01. The fourth-order valence-corrected chi connectivity index (χ4v) is 2.94. The van der Waals surface area contributed by atoms with Gasteiger partial charge in [-0.25, -0.2) is 0 Å². The summed E-state index contributed by atoms with van der Waals surface area (Å²) >= 11 is 0. The lowest BCUT2D eigenvalue weighted by Crippen LogP contribution is -2.22. The lowest BCUT2D eigenvalue weighted by atomic mass is 10.0. The van der Waals surface area contributed by atoms with Crippen LogP contribution >= 0.6 is 0 Å². The maximum Gasteiger partial charge on any atom is 0.246 e. The Morgan fingerprint density at radius 2 is 1.57 bits per heavy atom. The molecule has 0 spiro atoms. The molecule has 2 N–H and O–H groups in total. The van der Waals surface area contributed by atoms with Crippen molar-refractivity contribution in [2.24, 2.45) is 0 Å². The molecule has 1 aliphatic heterocycles. The summed E-state index contributed by atoms with van der Waals surface area (Å²) in [5.41, 5.74) is 2.92. The fourth-order valence-electron chi connectivity index (χ4n) is 2.94. The number of fused-ring (bicyclic) bond motifs is 1. The molecule has 3 aromatic carbocycles. The minimum atomic E-state index is -0.129. The maximum absolute atomic E-state index is 11.8. The third-order valence-electron chi connectivity index (χ3n) is 4.06. The van der Waals surface area contributed by atoms with Gasteiger partial charge >= 0.3 is 0 Å². The van der Waals surface area contributed by atoms with Crippen LogP contribution in [0.3, 0.4) is 0 Å². The molecule has 112 valence electrons. The molecular formula is C20H16N2O. The van der Waals surface area contributed by atoms with E-state index in [1.54, 1.807) is 6.08 Å². The SMILES string of the molecule is O=C1C=C(Nc2ccc3ccccc3c2)C(c2ccccc2)N1. The van der Waals surface area contributed by atoms with Crippen LogP contribution in [0.5, 0.6) is 0 Å². The Kier molecular flexibility index (Phi) is 3.31. The number of nitrogens with one attached hydrogen (secondary N) is 2. The average Bonchev–Trinajstić information content (AvgIpc) is 2.96. The first-order valence-corrected chi connectivity index (χ1v) is 7.62. The molecule has 0 saturated carbocycles. The molecule has 0 aromatic heterocycles.